The van der Waals surface area contributed by atoms with Crippen LogP contribution in [-0.2, 0) is 4.74 Å². The van der Waals surface area contributed by atoms with E-state index >= 15 is 0 Å². The van der Waals surface area contributed by atoms with Gasteiger partial charge in [-0.05, 0) is 30.7 Å². The number of amidine groups is 1. The van der Waals surface area contributed by atoms with E-state index in [0.29, 0.717) is 13.2 Å². The van der Waals surface area contributed by atoms with Gasteiger partial charge >= 0.3 is 0 Å². The van der Waals surface area contributed by atoms with E-state index in [9.17, 15) is 4.39 Å². The summed E-state index contributed by atoms with van der Waals surface area (Å²) < 4.78 is 18.4. The number of nitrogens with one attached hydrogen (secondary N) is 1. The van der Waals surface area contributed by atoms with E-state index in [-0.39, 0.29) is 5.83 Å². The fourth-order valence-corrected chi connectivity index (χ4v) is 1.43. The number of halogens is 1. The highest BCUT2D eigenvalue weighted by Crippen LogP contribution is 2.09. The first kappa shape index (κ1) is 9.96. The van der Waals surface area contributed by atoms with Crippen molar-refractivity contribution < 1.29 is 9.13 Å². The monoisotopic (exact) mass is 208 g/mol. The first-order valence-electron chi connectivity index (χ1n) is 5.00. The van der Waals surface area contributed by atoms with Crippen LogP contribution in [0.4, 0.5) is 4.39 Å². The molecule has 0 saturated heterocycles. The van der Waals surface area contributed by atoms with Gasteiger partial charge in [-0.3, -0.25) is 4.99 Å². The second-order valence-corrected chi connectivity index (χ2v) is 3.28. The summed E-state index contributed by atoms with van der Waals surface area (Å²) in [5, 5.41) is 3.13. The Morgan fingerprint density at radius 2 is 2.33 bits per heavy atom. The van der Waals surface area contributed by atoms with Gasteiger partial charge in [-0.25, -0.2) is 4.39 Å². The molecule has 4 heteroatoms. The summed E-state index contributed by atoms with van der Waals surface area (Å²) >= 11 is 0. The van der Waals surface area contributed by atoms with E-state index in [1.54, 1.807) is 6.08 Å². The minimum absolute atomic E-state index is 0.272. The molecule has 0 aliphatic carbocycles. The lowest BCUT2D eigenvalue weighted by Crippen LogP contribution is -2.31. The Hall–Kier alpha value is -1.58. The zero-order chi connectivity index (χ0) is 10.5. The molecule has 0 aromatic heterocycles. The van der Waals surface area contributed by atoms with Crippen LogP contribution in [0.15, 0.2) is 40.9 Å². The van der Waals surface area contributed by atoms with Crippen LogP contribution in [0.2, 0.25) is 0 Å². The number of nitrogens with zero attached hydrogens (tertiary/aromatic N) is 1. The molecule has 0 radical (unpaired) electrons. The van der Waals surface area contributed by atoms with Crippen molar-refractivity contribution >= 4 is 5.84 Å². The smallest absolute Gasteiger partial charge is 0.164 e. The molecule has 3 nitrogen and oxygen atoms in total. The van der Waals surface area contributed by atoms with E-state index in [2.05, 4.69) is 10.3 Å². The zero-order valence-corrected chi connectivity index (χ0v) is 8.37. The number of aliphatic imine (C=N–C) groups is 1. The molecule has 0 unspecified atom stereocenters. The van der Waals surface area contributed by atoms with Crippen LogP contribution >= 0.6 is 0 Å². The molecule has 0 atom stereocenters. The third kappa shape index (κ3) is 2.68. The topological polar surface area (TPSA) is 33.6 Å². The van der Waals surface area contributed by atoms with Gasteiger partial charge in [-0.1, -0.05) is 0 Å². The van der Waals surface area contributed by atoms with Crippen molar-refractivity contribution in [1.29, 1.82) is 0 Å². The lowest BCUT2D eigenvalue weighted by atomic mass is 10.2. The minimum atomic E-state index is -0.272. The molecule has 0 fully saturated rings. The highest BCUT2D eigenvalue weighted by atomic mass is 19.1. The molecule has 1 N–H and O–H groups in total. The first-order valence-corrected chi connectivity index (χ1v) is 5.00. The Morgan fingerprint density at radius 3 is 3.27 bits per heavy atom. The van der Waals surface area contributed by atoms with E-state index < -0.39 is 0 Å². The predicted molar refractivity (Wildman–Crippen MR) is 57.3 cm³/mol. The second-order valence-electron chi connectivity index (χ2n) is 3.28. The molecule has 2 rings (SSSR count). The maximum atomic E-state index is 13.0. The Kier molecular flexibility index (Phi) is 3.17. The highest BCUT2D eigenvalue weighted by molar-refractivity contribution is 5.97. The van der Waals surface area contributed by atoms with E-state index in [0.717, 1.165) is 24.6 Å². The van der Waals surface area contributed by atoms with E-state index in [1.807, 2.05) is 6.08 Å². The van der Waals surface area contributed by atoms with Crippen LogP contribution in [0.3, 0.4) is 0 Å². The summed E-state index contributed by atoms with van der Waals surface area (Å²) in [7, 11) is 0. The van der Waals surface area contributed by atoms with Crippen molar-refractivity contribution in [2.24, 2.45) is 4.99 Å². The molecule has 0 aromatic carbocycles. The maximum Gasteiger partial charge on any atom is 0.164 e. The molecule has 2 heterocycles. The molecule has 2 aliphatic heterocycles. The van der Waals surface area contributed by atoms with Gasteiger partial charge in [0.25, 0.3) is 0 Å². The Balaban J connectivity index is 2.20. The van der Waals surface area contributed by atoms with Crippen molar-refractivity contribution in [2.75, 3.05) is 19.7 Å². The van der Waals surface area contributed by atoms with Gasteiger partial charge < -0.3 is 10.1 Å². The summed E-state index contributed by atoms with van der Waals surface area (Å²) in [6.45, 7) is 1.56. The third-order valence-electron chi connectivity index (χ3n) is 2.15. The Bertz CT molecular complexity index is 356. The highest BCUT2D eigenvalue weighted by Gasteiger charge is 2.11. The molecule has 2 aliphatic rings. The van der Waals surface area contributed by atoms with Gasteiger partial charge in [-0.2, -0.15) is 0 Å². The second kappa shape index (κ2) is 4.77. The van der Waals surface area contributed by atoms with Gasteiger partial charge in [0, 0.05) is 6.54 Å². The van der Waals surface area contributed by atoms with Gasteiger partial charge in [0.15, 0.2) is 11.6 Å². The molecule has 0 bridgehead atoms. The number of hydrogen-bond acceptors (Lipinski definition) is 3. The van der Waals surface area contributed by atoms with Crippen molar-refractivity contribution in [3.05, 3.63) is 35.9 Å². The summed E-state index contributed by atoms with van der Waals surface area (Å²) in [5.41, 5.74) is 0. The fraction of sp³-hybridized carbons (Fsp3) is 0.364. The van der Waals surface area contributed by atoms with Crippen LogP contribution < -0.4 is 5.32 Å². The summed E-state index contributed by atoms with van der Waals surface area (Å²) in [6.07, 6.45) is 7.44. The van der Waals surface area contributed by atoms with Crippen LogP contribution in [0.5, 0.6) is 0 Å². The number of rotatable bonds is 0. The summed E-state index contributed by atoms with van der Waals surface area (Å²) in [4.78, 5) is 4.22. The standard InChI is InChI=1S/C11H13FN2O/c12-9-3-2-8-15-10-4-1-6-13-11(10)14-7-5-9/h2-5H,1,6-8H2,(H,13,14)/b3-2-,9-5+. The molecule has 0 aromatic rings. The van der Waals surface area contributed by atoms with Gasteiger partial charge in [0.1, 0.15) is 12.4 Å². The maximum absolute atomic E-state index is 13.0. The lowest BCUT2D eigenvalue weighted by Gasteiger charge is -2.18. The van der Waals surface area contributed by atoms with E-state index in [1.165, 1.54) is 12.2 Å². The minimum Gasteiger partial charge on any atom is -0.486 e. The SMILES string of the molecule is FC1=C/CN=C2NCCC=C2OC/C=C\1. The molecular weight excluding hydrogens is 195 g/mol. The van der Waals surface area contributed by atoms with Gasteiger partial charge in [0.05, 0.1) is 6.54 Å². The number of hydrogen-bond donors (Lipinski definition) is 1. The molecule has 0 spiro atoms. The first-order chi connectivity index (χ1) is 7.36. The van der Waals surface area contributed by atoms with E-state index in [4.69, 9.17) is 4.74 Å². The van der Waals surface area contributed by atoms with Crippen molar-refractivity contribution in [3.8, 4) is 0 Å². The predicted octanol–water partition coefficient (Wildman–Crippen LogP) is 1.70. The largest absolute Gasteiger partial charge is 0.486 e. The van der Waals surface area contributed by atoms with Crippen molar-refractivity contribution in [2.45, 2.75) is 6.42 Å². The molecular formula is C11H13FN2O. The fourth-order valence-electron chi connectivity index (χ4n) is 1.43. The number of fused-ring (bicyclic) bond motifs is 1. The van der Waals surface area contributed by atoms with Crippen LogP contribution in [0.1, 0.15) is 6.42 Å². The average molecular weight is 208 g/mol. The van der Waals surface area contributed by atoms with Crippen LogP contribution in [-0.4, -0.2) is 25.5 Å². The van der Waals surface area contributed by atoms with Crippen molar-refractivity contribution in [1.82, 2.24) is 5.32 Å². The average Bonchev–Trinajstić information content (AvgIpc) is 2.26. The Morgan fingerprint density at radius 1 is 1.40 bits per heavy atom. The molecule has 15 heavy (non-hydrogen) atoms. The van der Waals surface area contributed by atoms with Crippen LogP contribution in [0, 0.1) is 0 Å². The normalized spacial score (nSPS) is 26.9. The van der Waals surface area contributed by atoms with Crippen LogP contribution in [0.25, 0.3) is 0 Å². The van der Waals surface area contributed by atoms with Gasteiger partial charge in [-0.15, -0.1) is 0 Å². The molecule has 80 valence electrons. The summed E-state index contributed by atoms with van der Waals surface area (Å²) in [6, 6.07) is 0. The quantitative estimate of drug-likeness (QED) is 0.657. The third-order valence-corrected chi connectivity index (χ3v) is 2.15. The zero-order valence-electron chi connectivity index (χ0n) is 8.37. The lowest BCUT2D eigenvalue weighted by molar-refractivity contribution is 0.263. The number of ether oxygens (including phenoxy) is 1. The Labute approximate surface area is 88.0 Å². The molecule has 0 amide bonds. The molecule has 0 saturated carbocycles. The van der Waals surface area contributed by atoms with Crippen molar-refractivity contribution in [3.63, 3.8) is 0 Å². The number of allylic oxidation sites excluding steroid dienone is 2. The summed E-state index contributed by atoms with van der Waals surface area (Å²) in [5.74, 6) is 1.22. The van der Waals surface area contributed by atoms with Gasteiger partial charge in [0.2, 0.25) is 0 Å².